The summed E-state index contributed by atoms with van der Waals surface area (Å²) in [4.78, 5) is 23.9. The maximum absolute atomic E-state index is 11.8. The zero-order valence-electron chi connectivity index (χ0n) is 14.2. The molecule has 0 aliphatic rings. The molecular formula is C17H17BrN4O4. The number of ether oxygens (including phenoxy) is 1. The Morgan fingerprint density at radius 2 is 2.00 bits per heavy atom. The van der Waals surface area contributed by atoms with Crippen molar-refractivity contribution in [2.45, 2.75) is 0 Å². The van der Waals surface area contributed by atoms with E-state index in [1.165, 1.54) is 24.4 Å². The van der Waals surface area contributed by atoms with E-state index in [2.05, 4.69) is 26.5 Å². The maximum Gasteiger partial charge on any atom is 0.277 e. The Bertz CT molecular complexity index is 822. The van der Waals surface area contributed by atoms with Gasteiger partial charge in [0, 0.05) is 31.9 Å². The Kier molecular flexibility index (Phi) is 6.67. The summed E-state index contributed by atoms with van der Waals surface area (Å²) in [6, 6.07) is 11.7. The van der Waals surface area contributed by atoms with Gasteiger partial charge in [-0.3, -0.25) is 14.9 Å². The third kappa shape index (κ3) is 5.55. The lowest BCUT2D eigenvalue weighted by Crippen LogP contribution is -2.24. The summed E-state index contributed by atoms with van der Waals surface area (Å²) in [5, 5.41) is 14.5. The average Bonchev–Trinajstić information content (AvgIpc) is 2.61. The molecule has 0 aliphatic heterocycles. The Labute approximate surface area is 158 Å². The van der Waals surface area contributed by atoms with Crippen LogP contribution in [0.1, 0.15) is 5.56 Å². The van der Waals surface area contributed by atoms with Gasteiger partial charge in [-0.15, -0.1) is 0 Å². The number of hydrazone groups is 1. The molecule has 2 aromatic carbocycles. The minimum absolute atomic E-state index is 0.0708. The van der Waals surface area contributed by atoms with Crippen molar-refractivity contribution < 1.29 is 14.5 Å². The SMILES string of the molecule is CN(C)c1ccc(/C=N\NC(=O)COc2ccc([N+](=O)[O-])cc2Br)cc1. The van der Waals surface area contributed by atoms with Crippen molar-refractivity contribution in [2.75, 3.05) is 25.6 Å². The van der Waals surface area contributed by atoms with Crippen LogP contribution in [0.2, 0.25) is 0 Å². The zero-order chi connectivity index (χ0) is 19.1. The molecule has 136 valence electrons. The molecule has 8 nitrogen and oxygen atoms in total. The van der Waals surface area contributed by atoms with Crippen LogP contribution < -0.4 is 15.1 Å². The number of nitrogens with one attached hydrogen (secondary N) is 1. The largest absolute Gasteiger partial charge is 0.483 e. The van der Waals surface area contributed by atoms with E-state index >= 15 is 0 Å². The normalized spacial score (nSPS) is 10.6. The fourth-order valence-corrected chi connectivity index (χ4v) is 2.41. The van der Waals surface area contributed by atoms with Crippen LogP contribution in [-0.2, 0) is 4.79 Å². The second kappa shape index (κ2) is 8.95. The average molecular weight is 421 g/mol. The summed E-state index contributed by atoms with van der Waals surface area (Å²) in [7, 11) is 3.90. The van der Waals surface area contributed by atoms with Crippen molar-refractivity contribution in [1.82, 2.24) is 5.43 Å². The van der Waals surface area contributed by atoms with Gasteiger partial charge in [-0.05, 0) is 39.7 Å². The van der Waals surface area contributed by atoms with E-state index in [0.29, 0.717) is 10.2 Å². The van der Waals surface area contributed by atoms with Crippen molar-refractivity contribution in [2.24, 2.45) is 5.10 Å². The summed E-state index contributed by atoms with van der Waals surface area (Å²) in [6.07, 6.45) is 1.53. The van der Waals surface area contributed by atoms with Gasteiger partial charge >= 0.3 is 0 Å². The molecule has 0 fully saturated rings. The van der Waals surface area contributed by atoms with Crippen LogP contribution in [0.5, 0.6) is 5.75 Å². The van der Waals surface area contributed by atoms with Gasteiger partial charge in [0.1, 0.15) is 5.75 Å². The van der Waals surface area contributed by atoms with Gasteiger partial charge in [-0.25, -0.2) is 5.43 Å². The molecule has 0 bridgehead atoms. The molecule has 1 N–H and O–H groups in total. The van der Waals surface area contributed by atoms with E-state index in [1.54, 1.807) is 0 Å². The zero-order valence-corrected chi connectivity index (χ0v) is 15.8. The van der Waals surface area contributed by atoms with Gasteiger partial charge in [0.15, 0.2) is 6.61 Å². The quantitative estimate of drug-likeness (QED) is 0.421. The van der Waals surface area contributed by atoms with E-state index in [0.717, 1.165) is 11.3 Å². The molecule has 0 heterocycles. The number of benzene rings is 2. The number of nitro benzene ring substituents is 1. The molecule has 0 saturated carbocycles. The van der Waals surface area contributed by atoms with Crippen LogP contribution in [0.4, 0.5) is 11.4 Å². The van der Waals surface area contributed by atoms with E-state index in [4.69, 9.17) is 4.74 Å². The number of nitrogens with zero attached hydrogens (tertiary/aromatic N) is 3. The molecule has 0 saturated heterocycles. The number of hydrogen-bond donors (Lipinski definition) is 1. The minimum Gasteiger partial charge on any atom is -0.483 e. The number of carbonyl (C=O) groups is 1. The van der Waals surface area contributed by atoms with Gasteiger partial charge in [-0.2, -0.15) is 5.10 Å². The minimum atomic E-state index is -0.513. The standard InChI is InChI=1S/C17H17BrN4O4/c1-21(2)13-5-3-12(4-6-13)10-19-20-17(23)11-26-16-8-7-14(22(24)25)9-15(16)18/h3-10H,11H2,1-2H3,(H,20,23)/b19-10-. The first kappa shape index (κ1) is 19.4. The van der Waals surface area contributed by atoms with Crippen LogP contribution in [0.15, 0.2) is 52.0 Å². The number of non-ortho nitro benzene ring substituents is 1. The maximum atomic E-state index is 11.8. The first-order valence-electron chi connectivity index (χ1n) is 7.53. The lowest BCUT2D eigenvalue weighted by atomic mass is 10.2. The van der Waals surface area contributed by atoms with Crippen LogP contribution >= 0.6 is 15.9 Å². The van der Waals surface area contributed by atoms with Gasteiger partial charge in [0.25, 0.3) is 11.6 Å². The van der Waals surface area contributed by atoms with E-state index in [9.17, 15) is 14.9 Å². The third-order valence-electron chi connectivity index (χ3n) is 3.30. The number of halogens is 1. The molecule has 0 radical (unpaired) electrons. The predicted molar refractivity (Wildman–Crippen MR) is 103 cm³/mol. The lowest BCUT2D eigenvalue weighted by molar-refractivity contribution is -0.384. The summed E-state index contributed by atoms with van der Waals surface area (Å²) >= 11 is 3.17. The fourth-order valence-electron chi connectivity index (χ4n) is 1.93. The molecule has 26 heavy (non-hydrogen) atoms. The van der Waals surface area contributed by atoms with E-state index in [-0.39, 0.29) is 12.3 Å². The highest BCUT2D eigenvalue weighted by Gasteiger charge is 2.11. The number of anilines is 1. The van der Waals surface area contributed by atoms with Crippen molar-refractivity contribution in [1.29, 1.82) is 0 Å². The molecule has 0 spiro atoms. The molecule has 9 heteroatoms. The highest BCUT2D eigenvalue weighted by Crippen LogP contribution is 2.28. The molecule has 2 rings (SSSR count). The summed E-state index contributed by atoms with van der Waals surface area (Å²) < 4.78 is 5.71. The topological polar surface area (TPSA) is 97.1 Å². The van der Waals surface area contributed by atoms with Gasteiger partial charge < -0.3 is 9.64 Å². The second-order valence-electron chi connectivity index (χ2n) is 5.44. The van der Waals surface area contributed by atoms with Crippen molar-refractivity contribution >= 4 is 39.4 Å². The van der Waals surface area contributed by atoms with Crippen molar-refractivity contribution in [3.05, 3.63) is 62.6 Å². The Hall–Kier alpha value is -2.94. The fraction of sp³-hybridized carbons (Fsp3) is 0.176. The van der Waals surface area contributed by atoms with Crippen LogP contribution in [0.3, 0.4) is 0 Å². The first-order valence-corrected chi connectivity index (χ1v) is 8.32. The van der Waals surface area contributed by atoms with Crippen LogP contribution in [0, 0.1) is 10.1 Å². The third-order valence-corrected chi connectivity index (χ3v) is 3.92. The van der Waals surface area contributed by atoms with E-state index in [1.807, 2.05) is 43.3 Å². The molecular weight excluding hydrogens is 404 g/mol. The summed E-state index contributed by atoms with van der Waals surface area (Å²) in [6.45, 7) is -0.271. The van der Waals surface area contributed by atoms with Gasteiger partial charge in [-0.1, -0.05) is 12.1 Å². The highest BCUT2D eigenvalue weighted by atomic mass is 79.9. The lowest BCUT2D eigenvalue weighted by Gasteiger charge is -2.11. The Balaban J connectivity index is 1.84. The van der Waals surface area contributed by atoms with Gasteiger partial charge in [0.05, 0.1) is 15.6 Å². The second-order valence-corrected chi connectivity index (χ2v) is 6.29. The van der Waals surface area contributed by atoms with E-state index < -0.39 is 10.8 Å². The Morgan fingerprint density at radius 3 is 2.58 bits per heavy atom. The highest BCUT2D eigenvalue weighted by molar-refractivity contribution is 9.10. The Morgan fingerprint density at radius 1 is 1.31 bits per heavy atom. The van der Waals surface area contributed by atoms with Crippen molar-refractivity contribution in [3.63, 3.8) is 0 Å². The molecule has 0 aliphatic carbocycles. The molecule has 2 aromatic rings. The molecule has 0 atom stereocenters. The summed E-state index contributed by atoms with van der Waals surface area (Å²) in [5.41, 5.74) is 4.19. The number of carbonyl (C=O) groups excluding carboxylic acids is 1. The number of amides is 1. The van der Waals surface area contributed by atoms with Crippen LogP contribution in [0.25, 0.3) is 0 Å². The number of hydrogen-bond acceptors (Lipinski definition) is 6. The van der Waals surface area contributed by atoms with Gasteiger partial charge in [0.2, 0.25) is 0 Å². The first-order chi connectivity index (χ1) is 12.4. The monoisotopic (exact) mass is 420 g/mol. The molecule has 0 aromatic heterocycles. The number of rotatable bonds is 7. The molecule has 1 amide bonds. The van der Waals surface area contributed by atoms with Crippen molar-refractivity contribution in [3.8, 4) is 5.75 Å². The number of nitro groups is 1. The predicted octanol–water partition coefficient (Wildman–Crippen LogP) is 2.95. The smallest absolute Gasteiger partial charge is 0.277 e. The van der Waals surface area contributed by atoms with Crippen LogP contribution in [-0.4, -0.2) is 37.7 Å². The molecule has 0 unspecified atom stereocenters. The summed E-state index contributed by atoms with van der Waals surface area (Å²) in [5.74, 6) is -0.120.